The third kappa shape index (κ3) is 3.01. The van der Waals surface area contributed by atoms with Crippen molar-refractivity contribution in [2.45, 2.75) is 37.6 Å². The van der Waals surface area contributed by atoms with E-state index in [-0.39, 0.29) is 0 Å². The number of aromatic nitrogens is 1. The first kappa shape index (κ1) is 16.1. The Kier molecular flexibility index (Phi) is 4.47. The van der Waals surface area contributed by atoms with Crippen LogP contribution >= 0.6 is 0 Å². The van der Waals surface area contributed by atoms with Gasteiger partial charge in [-0.2, -0.15) is 0 Å². The van der Waals surface area contributed by atoms with Crippen molar-refractivity contribution in [2.24, 2.45) is 0 Å². The average molecular weight is 321 g/mol. The molecule has 1 aromatic carbocycles. The van der Waals surface area contributed by atoms with E-state index in [4.69, 9.17) is 9.47 Å². The van der Waals surface area contributed by atoms with E-state index < -0.39 is 37.3 Å². The molecule has 0 amide bonds. The molecule has 0 spiro atoms. The second-order valence-electron chi connectivity index (χ2n) is 5.64. The molecule has 1 aliphatic rings. The summed E-state index contributed by atoms with van der Waals surface area (Å²) in [6, 6.07) is 7.29. The number of hydrogen-bond donors (Lipinski definition) is 4. The zero-order valence-corrected chi connectivity index (χ0v) is 12.5. The number of benzene rings is 1. The van der Waals surface area contributed by atoms with Gasteiger partial charge in [0.2, 0.25) is 6.29 Å². The topological polar surface area (TPSA) is 112 Å². The molecule has 5 atom stereocenters. The number of fused-ring (bicyclic) bond motifs is 1. The van der Waals surface area contributed by atoms with Crippen LogP contribution in [0.2, 0.25) is 0 Å². The van der Waals surface area contributed by atoms with Crippen LogP contribution in [0, 0.1) is 6.92 Å². The lowest BCUT2D eigenvalue weighted by molar-refractivity contribution is -0.277. The number of pyridine rings is 1. The lowest BCUT2D eigenvalue weighted by Crippen LogP contribution is -2.60. The van der Waals surface area contributed by atoms with Crippen LogP contribution in [0.15, 0.2) is 30.5 Å². The summed E-state index contributed by atoms with van der Waals surface area (Å²) >= 11 is 0. The van der Waals surface area contributed by atoms with E-state index in [1.54, 1.807) is 12.3 Å². The summed E-state index contributed by atoms with van der Waals surface area (Å²) in [4.78, 5) is 4.24. The van der Waals surface area contributed by atoms with Crippen LogP contribution in [0.5, 0.6) is 5.75 Å². The number of ether oxygens (including phenoxy) is 2. The van der Waals surface area contributed by atoms with Crippen LogP contribution in [-0.2, 0) is 4.74 Å². The molecule has 7 heteroatoms. The van der Waals surface area contributed by atoms with Crippen molar-refractivity contribution in [2.75, 3.05) is 6.61 Å². The highest BCUT2D eigenvalue weighted by Gasteiger charge is 2.44. The van der Waals surface area contributed by atoms with E-state index in [1.807, 2.05) is 25.1 Å². The lowest BCUT2D eigenvalue weighted by atomic mass is 9.99. The minimum absolute atomic E-state index is 0.433. The molecule has 3 rings (SSSR count). The van der Waals surface area contributed by atoms with Crippen molar-refractivity contribution >= 4 is 10.9 Å². The second-order valence-corrected chi connectivity index (χ2v) is 5.64. The standard InChI is InChI=1S/C16H19NO6/c1-8-2-3-10-9(6-8)11(4-5-17-10)22-16-15(21)14(20)13(19)12(7-18)23-16/h2-6,12-16,18-21H,7H2,1H3/t12-,13-,14+,15-,16-/m1/s1. The highest BCUT2D eigenvalue weighted by Crippen LogP contribution is 2.29. The molecule has 1 saturated heterocycles. The van der Waals surface area contributed by atoms with E-state index in [0.29, 0.717) is 5.75 Å². The predicted molar refractivity (Wildman–Crippen MR) is 80.9 cm³/mol. The van der Waals surface area contributed by atoms with Crippen LogP contribution in [-0.4, -0.2) is 62.7 Å². The maximum absolute atomic E-state index is 10.1. The third-order valence-corrected chi connectivity index (χ3v) is 3.95. The second kappa shape index (κ2) is 6.38. The zero-order valence-electron chi connectivity index (χ0n) is 12.5. The zero-order chi connectivity index (χ0) is 16.6. The van der Waals surface area contributed by atoms with Gasteiger partial charge in [0.05, 0.1) is 12.1 Å². The molecule has 2 heterocycles. The average Bonchev–Trinajstić information content (AvgIpc) is 2.55. The van der Waals surface area contributed by atoms with Crippen LogP contribution in [0.1, 0.15) is 5.56 Å². The Morgan fingerprint density at radius 1 is 1.13 bits per heavy atom. The molecule has 7 nitrogen and oxygen atoms in total. The molecule has 1 aromatic heterocycles. The number of hydrogen-bond acceptors (Lipinski definition) is 7. The molecular weight excluding hydrogens is 302 g/mol. The molecule has 1 aliphatic heterocycles. The number of nitrogens with zero attached hydrogens (tertiary/aromatic N) is 1. The smallest absolute Gasteiger partial charge is 0.229 e. The Labute approximate surface area is 132 Å². The van der Waals surface area contributed by atoms with Crippen LogP contribution in [0.25, 0.3) is 10.9 Å². The number of aliphatic hydroxyl groups excluding tert-OH is 4. The predicted octanol–water partition coefficient (Wildman–Crippen LogP) is -0.278. The van der Waals surface area contributed by atoms with Gasteiger partial charge in [0.15, 0.2) is 0 Å². The van der Waals surface area contributed by atoms with Gasteiger partial charge in [-0.15, -0.1) is 0 Å². The summed E-state index contributed by atoms with van der Waals surface area (Å²) in [7, 11) is 0. The molecule has 0 unspecified atom stereocenters. The fourth-order valence-electron chi connectivity index (χ4n) is 2.63. The SMILES string of the molecule is Cc1ccc2nccc(O[C@@H]3O[C@H](CO)[C@@H](O)[C@H](O)[C@H]3O)c2c1. The molecule has 124 valence electrons. The first-order valence-electron chi connectivity index (χ1n) is 7.34. The van der Waals surface area contributed by atoms with Crippen molar-refractivity contribution in [1.29, 1.82) is 0 Å². The van der Waals surface area contributed by atoms with Gasteiger partial charge in [-0.3, -0.25) is 4.98 Å². The Balaban J connectivity index is 1.90. The van der Waals surface area contributed by atoms with Gasteiger partial charge in [0.25, 0.3) is 0 Å². The summed E-state index contributed by atoms with van der Waals surface area (Å²) < 4.78 is 11.1. The number of rotatable bonds is 3. The number of aryl methyl sites for hydroxylation is 1. The summed E-state index contributed by atoms with van der Waals surface area (Å²) in [5, 5.41) is 39.6. The Morgan fingerprint density at radius 3 is 2.65 bits per heavy atom. The van der Waals surface area contributed by atoms with Gasteiger partial charge < -0.3 is 29.9 Å². The Morgan fingerprint density at radius 2 is 1.91 bits per heavy atom. The molecule has 2 aromatic rings. The van der Waals surface area contributed by atoms with Crippen molar-refractivity contribution in [3.05, 3.63) is 36.0 Å². The first-order chi connectivity index (χ1) is 11.0. The maximum atomic E-state index is 10.1. The molecule has 4 N–H and O–H groups in total. The Hall–Kier alpha value is -1.77. The van der Waals surface area contributed by atoms with Gasteiger partial charge in [-0.25, -0.2) is 0 Å². The quantitative estimate of drug-likeness (QED) is 0.615. The van der Waals surface area contributed by atoms with Gasteiger partial charge in [0.1, 0.15) is 30.2 Å². The van der Waals surface area contributed by atoms with E-state index >= 15 is 0 Å². The highest BCUT2D eigenvalue weighted by atomic mass is 16.7. The van der Waals surface area contributed by atoms with E-state index in [0.717, 1.165) is 16.5 Å². The molecular formula is C16H19NO6. The molecule has 23 heavy (non-hydrogen) atoms. The Bertz CT molecular complexity index is 691. The van der Waals surface area contributed by atoms with Gasteiger partial charge in [0, 0.05) is 11.6 Å². The highest BCUT2D eigenvalue weighted by molar-refractivity contribution is 5.85. The van der Waals surface area contributed by atoms with Gasteiger partial charge in [-0.1, -0.05) is 11.6 Å². The number of aliphatic hydroxyl groups is 4. The fraction of sp³-hybridized carbons (Fsp3) is 0.438. The largest absolute Gasteiger partial charge is 0.461 e. The third-order valence-electron chi connectivity index (χ3n) is 3.95. The van der Waals surface area contributed by atoms with Crippen molar-refractivity contribution < 1.29 is 29.9 Å². The van der Waals surface area contributed by atoms with Crippen molar-refractivity contribution in [3.8, 4) is 5.75 Å². The summed E-state index contributed by atoms with van der Waals surface area (Å²) in [6.07, 6.45) is -4.98. The lowest BCUT2D eigenvalue weighted by Gasteiger charge is -2.39. The van der Waals surface area contributed by atoms with Crippen LogP contribution in [0.4, 0.5) is 0 Å². The monoisotopic (exact) mass is 321 g/mol. The van der Waals surface area contributed by atoms with Gasteiger partial charge >= 0.3 is 0 Å². The maximum Gasteiger partial charge on any atom is 0.229 e. The molecule has 0 saturated carbocycles. The molecule has 0 bridgehead atoms. The van der Waals surface area contributed by atoms with E-state index in [2.05, 4.69) is 4.98 Å². The first-order valence-corrected chi connectivity index (χ1v) is 7.34. The fourth-order valence-corrected chi connectivity index (χ4v) is 2.63. The summed E-state index contributed by atoms with van der Waals surface area (Å²) in [5.41, 5.74) is 1.74. The van der Waals surface area contributed by atoms with Crippen LogP contribution in [0.3, 0.4) is 0 Å². The van der Waals surface area contributed by atoms with E-state index in [9.17, 15) is 20.4 Å². The minimum Gasteiger partial charge on any atom is -0.461 e. The summed E-state index contributed by atoms with van der Waals surface area (Å²) in [5.74, 6) is 0.433. The van der Waals surface area contributed by atoms with Crippen LogP contribution < -0.4 is 4.74 Å². The van der Waals surface area contributed by atoms with Gasteiger partial charge in [-0.05, 0) is 25.1 Å². The molecule has 1 fully saturated rings. The van der Waals surface area contributed by atoms with E-state index in [1.165, 1.54) is 0 Å². The van der Waals surface area contributed by atoms with Crippen molar-refractivity contribution in [3.63, 3.8) is 0 Å². The summed E-state index contributed by atoms with van der Waals surface area (Å²) in [6.45, 7) is 1.44. The molecule has 0 aliphatic carbocycles. The van der Waals surface area contributed by atoms with Crippen molar-refractivity contribution in [1.82, 2.24) is 4.98 Å². The minimum atomic E-state index is -1.47. The molecule has 0 radical (unpaired) electrons. The normalized spacial score (nSPS) is 31.3.